The Morgan fingerprint density at radius 2 is 2.05 bits per heavy atom. The first-order valence-electron chi connectivity index (χ1n) is 7.31. The predicted octanol–water partition coefficient (Wildman–Crippen LogP) is 2.31. The van der Waals surface area contributed by atoms with Crippen LogP contribution in [-0.4, -0.2) is 48.9 Å². The van der Waals surface area contributed by atoms with E-state index in [-0.39, 0.29) is 17.9 Å². The Hall–Kier alpha value is -1.49. The van der Waals surface area contributed by atoms with Gasteiger partial charge >= 0.3 is 0 Å². The Bertz CT molecular complexity index is 513. The van der Waals surface area contributed by atoms with E-state index >= 15 is 0 Å². The molecule has 1 aliphatic rings. The number of halogens is 2. The number of carbonyl (C=O) groups excluding carboxylic acids is 1. The summed E-state index contributed by atoms with van der Waals surface area (Å²) >= 11 is 0. The van der Waals surface area contributed by atoms with Gasteiger partial charge in [-0.25, -0.2) is 8.78 Å². The molecule has 1 aromatic rings. The van der Waals surface area contributed by atoms with E-state index in [1.165, 1.54) is 12.1 Å². The molecule has 2 rings (SSSR count). The highest BCUT2D eigenvalue weighted by Gasteiger charge is 2.34. The van der Waals surface area contributed by atoms with Gasteiger partial charge < -0.3 is 4.90 Å². The molecule has 0 unspecified atom stereocenters. The fourth-order valence-corrected chi connectivity index (χ4v) is 2.85. The van der Waals surface area contributed by atoms with E-state index in [4.69, 9.17) is 0 Å². The Labute approximate surface area is 124 Å². The highest BCUT2D eigenvalue weighted by Crippen LogP contribution is 2.24. The molecule has 0 saturated carbocycles. The summed E-state index contributed by atoms with van der Waals surface area (Å²) in [5, 5.41) is 0. The van der Waals surface area contributed by atoms with Crippen molar-refractivity contribution in [3.63, 3.8) is 0 Å². The second kappa shape index (κ2) is 6.52. The number of likely N-dealkylation sites (N-methyl/N-ethyl adjacent to an activating group) is 1. The largest absolute Gasteiger partial charge is 0.341 e. The van der Waals surface area contributed by atoms with Gasteiger partial charge in [-0.15, -0.1) is 0 Å². The average Bonchev–Trinajstić information content (AvgIpc) is 2.35. The predicted molar refractivity (Wildman–Crippen MR) is 77.9 cm³/mol. The molecule has 116 valence electrons. The van der Waals surface area contributed by atoms with E-state index in [1.54, 1.807) is 0 Å². The molecule has 1 heterocycles. The number of hydrogen-bond donors (Lipinski definition) is 0. The molecule has 0 aliphatic carbocycles. The van der Waals surface area contributed by atoms with Crippen molar-refractivity contribution in [1.29, 1.82) is 0 Å². The number of amides is 1. The lowest BCUT2D eigenvalue weighted by Crippen LogP contribution is -2.56. The lowest BCUT2D eigenvalue weighted by atomic mass is 9.91. The van der Waals surface area contributed by atoms with Crippen LogP contribution in [0.25, 0.3) is 0 Å². The minimum absolute atomic E-state index is 0.0893. The highest BCUT2D eigenvalue weighted by atomic mass is 19.1. The van der Waals surface area contributed by atoms with Gasteiger partial charge in [-0.1, -0.05) is 13.0 Å². The number of likely N-dealkylation sites (tertiary alicyclic amines) is 1. The summed E-state index contributed by atoms with van der Waals surface area (Å²) in [6.07, 6.45) is 1.33. The molecule has 1 saturated heterocycles. The van der Waals surface area contributed by atoms with Crippen LogP contribution in [0, 0.1) is 17.6 Å². The monoisotopic (exact) mass is 296 g/mol. The summed E-state index contributed by atoms with van der Waals surface area (Å²) in [5.74, 6) is -0.662. The van der Waals surface area contributed by atoms with Crippen molar-refractivity contribution in [3.8, 4) is 0 Å². The van der Waals surface area contributed by atoms with Gasteiger partial charge in [0.1, 0.15) is 11.6 Å². The summed E-state index contributed by atoms with van der Waals surface area (Å²) in [5.41, 5.74) is 0.521. The van der Waals surface area contributed by atoms with Crippen LogP contribution in [0.4, 0.5) is 8.78 Å². The zero-order chi connectivity index (χ0) is 15.6. The summed E-state index contributed by atoms with van der Waals surface area (Å²) in [4.78, 5) is 16.0. The summed E-state index contributed by atoms with van der Waals surface area (Å²) < 4.78 is 26.4. The number of rotatable bonds is 5. The molecule has 0 bridgehead atoms. The maximum Gasteiger partial charge on any atom is 0.239 e. The standard InChI is InChI=1S/C16H22F2N2O/c1-4-15(19(2)3)16(21)20-9-11(10-20)7-12-5-6-13(17)8-14(12)18/h5-6,8,11,15H,4,7,9-10H2,1-3H3/t15-/m0/s1. The SMILES string of the molecule is CC[C@@H](C(=O)N1CC(Cc2ccc(F)cc2F)C1)N(C)C. The van der Waals surface area contributed by atoms with Crippen molar-refractivity contribution in [2.24, 2.45) is 5.92 Å². The molecular formula is C16H22F2N2O. The molecule has 21 heavy (non-hydrogen) atoms. The van der Waals surface area contributed by atoms with E-state index in [0.717, 1.165) is 12.5 Å². The van der Waals surface area contributed by atoms with E-state index in [1.807, 2.05) is 30.8 Å². The first kappa shape index (κ1) is 15.9. The van der Waals surface area contributed by atoms with Crippen molar-refractivity contribution in [1.82, 2.24) is 9.80 Å². The molecule has 5 heteroatoms. The van der Waals surface area contributed by atoms with Crippen LogP contribution in [0.3, 0.4) is 0 Å². The van der Waals surface area contributed by atoms with Gasteiger partial charge in [0, 0.05) is 19.2 Å². The molecule has 1 fully saturated rings. The maximum absolute atomic E-state index is 13.6. The van der Waals surface area contributed by atoms with Crippen molar-refractivity contribution in [3.05, 3.63) is 35.4 Å². The Morgan fingerprint density at radius 3 is 2.57 bits per heavy atom. The molecule has 1 amide bonds. The van der Waals surface area contributed by atoms with Gasteiger partial charge in [-0.05, 0) is 44.5 Å². The lowest BCUT2D eigenvalue weighted by Gasteiger charge is -2.42. The molecule has 0 spiro atoms. The zero-order valence-corrected chi connectivity index (χ0v) is 12.8. The second-order valence-electron chi connectivity index (χ2n) is 5.94. The van der Waals surface area contributed by atoms with Crippen LogP contribution in [-0.2, 0) is 11.2 Å². The zero-order valence-electron chi connectivity index (χ0n) is 12.8. The Morgan fingerprint density at radius 1 is 1.38 bits per heavy atom. The van der Waals surface area contributed by atoms with Crippen molar-refractivity contribution in [2.45, 2.75) is 25.8 Å². The van der Waals surface area contributed by atoms with E-state index < -0.39 is 11.6 Å². The van der Waals surface area contributed by atoms with Gasteiger partial charge in [0.15, 0.2) is 0 Å². The van der Waals surface area contributed by atoms with Crippen LogP contribution in [0.5, 0.6) is 0 Å². The normalized spacial score (nSPS) is 17.0. The number of benzene rings is 1. The van der Waals surface area contributed by atoms with Crippen molar-refractivity contribution >= 4 is 5.91 Å². The van der Waals surface area contributed by atoms with Gasteiger partial charge in [0.05, 0.1) is 6.04 Å². The fourth-order valence-electron chi connectivity index (χ4n) is 2.85. The lowest BCUT2D eigenvalue weighted by molar-refractivity contribution is -0.142. The third-order valence-electron chi connectivity index (χ3n) is 4.09. The number of nitrogens with zero attached hydrogens (tertiary/aromatic N) is 2. The first-order valence-corrected chi connectivity index (χ1v) is 7.31. The molecule has 1 atom stereocenters. The topological polar surface area (TPSA) is 23.6 Å². The van der Waals surface area contributed by atoms with Crippen molar-refractivity contribution < 1.29 is 13.6 Å². The highest BCUT2D eigenvalue weighted by molar-refractivity contribution is 5.82. The third-order valence-corrected chi connectivity index (χ3v) is 4.09. The Kier molecular flexibility index (Phi) is 4.93. The van der Waals surface area contributed by atoms with E-state index in [2.05, 4.69) is 0 Å². The molecule has 3 nitrogen and oxygen atoms in total. The number of hydrogen-bond acceptors (Lipinski definition) is 2. The molecular weight excluding hydrogens is 274 g/mol. The quantitative estimate of drug-likeness (QED) is 0.832. The second-order valence-corrected chi connectivity index (χ2v) is 5.94. The average molecular weight is 296 g/mol. The van der Waals surface area contributed by atoms with Crippen LogP contribution >= 0.6 is 0 Å². The molecule has 0 aromatic heterocycles. The fraction of sp³-hybridized carbons (Fsp3) is 0.562. The molecule has 0 N–H and O–H groups in total. The first-order chi connectivity index (χ1) is 9.92. The maximum atomic E-state index is 13.6. The minimum atomic E-state index is -0.557. The molecule has 1 aliphatic heterocycles. The number of carbonyl (C=O) groups is 1. The van der Waals surface area contributed by atoms with Gasteiger partial charge in [0.25, 0.3) is 0 Å². The van der Waals surface area contributed by atoms with E-state index in [0.29, 0.717) is 25.1 Å². The van der Waals surface area contributed by atoms with Crippen LogP contribution in [0.1, 0.15) is 18.9 Å². The van der Waals surface area contributed by atoms with Crippen LogP contribution in [0.2, 0.25) is 0 Å². The van der Waals surface area contributed by atoms with Crippen LogP contribution in [0.15, 0.2) is 18.2 Å². The molecule has 1 aromatic carbocycles. The van der Waals surface area contributed by atoms with Gasteiger partial charge in [0.2, 0.25) is 5.91 Å². The summed E-state index contributed by atoms with van der Waals surface area (Å²) in [7, 11) is 3.80. The van der Waals surface area contributed by atoms with E-state index in [9.17, 15) is 13.6 Å². The van der Waals surface area contributed by atoms with Crippen LogP contribution < -0.4 is 0 Å². The minimum Gasteiger partial charge on any atom is -0.341 e. The van der Waals surface area contributed by atoms with Gasteiger partial charge in [-0.2, -0.15) is 0 Å². The summed E-state index contributed by atoms with van der Waals surface area (Å²) in [6.45, 7) is 3.30. The molecule has 0 radical (unpaired) electrons. The van der Waals surface area contributed by atoms with Gasteiger partial charge in [-0.3, -0.25) is 9.69 Å². The van der Waals surface area contributed by atoms with Crippen molar-refractivity contribution in [2.75, 3.05) is 27.2 Å². The Balaban J connectivity index is 1.88. The smallest absolute Gasteiger partial charge is 0.239 e. The third kappa shape index (κ3) is 3.59. The summed E-state index contributed by atoms with van der Waals surface area (Å²) in [6, 6.07) is 3.59.